The first-order chi connectivity index (χ1) is 16.8. The summed E-state index contributed by atoms with van der Waals surface area (Å²) in [6.45, 7) is 4.50. The molecular weight excluding hydrogens is 462 g/mol. The highest BCUT2D eigenvalue weighted by atomic mass is 32.2. The lowest BCUT2D eigenvalue weighted by Crippen LogP contribution is -2.34. The van der Waals surface area contributed by atoms with Gasteiger partial charge in [-0.15, -0.1) is 0 Å². The Morgan fingerprint density at radius 3 is 2.20 bits per heavy atom. The molecule has 0 bridgehead atoms. The molecule has 0 aliphatic carbocycles. The number of carbonyl (C=O) groups excluding carboxylic acids is 1. The Morgan fingerprint density at radius 2 is 1.60 bits per heavy atom. The molecule has 8 heteroatoms. The molecule has 0 radical (unpaired) electrons. The van der Waals surface area contributed by atoms with E-state index in [4.69, 9.17) is 4.42 Å². The van der Waals surface area contributed by atoms with Crippen LogP contribution in [0.5, 0.6) is 0 Å². The van der Waals surface area contributed by atoms with Gasteiger partial charge < -0.3 is 13.9 Å². The van der Waals surface area contributed by atoms with Crippen LogP contribution in [0.15, 0.2) is 94.8 Å². The second-order valence-corrected chi connectivity index (χ2v) is 10.7. The van der Waals surface area contributed by atoms with Crippen molar-refractivity contribution in [2.24, 2.45) is 5.92 Å². The maximum absolute atomic E-state index is 13.4. The number of hydrogen-bond donors (Lipinski definition) is 0. The molecule has 0 fully saturated rings. The lowest BCUT2D eigenvalue weighted by molar-refractivity contribution is -0.136. The van der Waals surface area contributed by atoms with Crippen LogP contribution < -0.4 is 0 Å². The van der Waals surface area contributed by atoms with Crippen LogP contribution in [0.4, 0.5) is 0 Å². The molecule has 0 atom stereocenters. The number of sulfone groups is 1. The molecule has 35 heavy (non-hydrogen) atoms. The van der Waals surface area contributed by atoms with Gasteiger partial charge in [-0.3, -0.25) is 4.79 Å². The number of hydrogen-bond acceptors (Lipinski definition) is 5. The zero-order valence-electron chi connectivity index (χ0n) is 19.9. The van der Waals surface area contributed by atoms with Gasteiger partial charge in [0, 0.05) is 5.92 Å². The Balaban J connectivity index is 1.71. The number of benzene rings is 2. The van der Waals surface area contributed by atoms with E-state index in [0.717, 1.165) is 5.56 Å². The van der Waals surface area contributed by atoms with E-state index in [1.165, 1.54) is 0 Å². The summed E-state index contributed by atoms with van der Waals surface area (Å²) in [5, 5.41) is -0.00449. The average Bonchev–Trinajstić information content (AvgIpc) is 3.50. The first-order valence-corrected chi connectivity index (χ1v) is 13.1. The standard InChI is InChI=1S/C27H29N3O4S/c1-21(2)26(31)29(19-25-14-9-15-34-25)18-24-16-28-27(30(24)17-22-10-5-3-6-11-22)35(32,33)20-23-12-7-4-8-13-23/h3-16,21H,17-20H2,1-2H3. The Morgan fingerprint density at radius 1 is 0.943 bits per heavy atom. The van der Waals surface area contributed by atoms with Crippen molar-refractivity contribution in [3.05, 3.63) is 108 Å². The predicted molar refractivity (Wildman–Crippen MR) is 133 cm³/mol. The van der Waals surface area contributed by atoms with Gasteiger partial charge >= 0.3 is 0 Å². The van der Waals surface area contributed by atoms with E-state index >= 15 is 0 Å². The number of furan rings is 1. The Hall–Kier alpha value is -3.65. The summed E-state index contributed by atoms with van der Waals surface area (Å²) < 4.78 is 34.0. The zero-order valence-corrected chi connectivity index (χ0v) is 20.7. The third-order valence-corrected chi connectivity index (χ3v) is 7.24. The van der Waals surface area contributed by atoms with Gasteiger partial charge in [-0.25, -0.2) is 13.4 Å². The topological polar surface area (TPSA) is 85.4 Å². The molecule has 0 saturated carbocycles. The van der Waals surface area contributed by atoms with Crippen molar-refractivity contribution >= 4 is 15.7 Å². The van der Waals surface area contributed by atoms with Gasteiger partial charge in [0.1, 0.15) is 5.76 Å². The minimum atomic E-state index is -3.74. The highest BCUT2D eigenvalue weighted by molar-refractivity contribution is 7.90. The highest BCUT2D eigenvalue weighted by Gasteiger charge is 2.27. The highest BCUT2D eigenvalue weighted by Crippen LogP contribution is 2.22. The number of aromatic nitrogens is 2. The first-order valence-electron chi connectivity index (χ1n) is 11.5. The molecule has 182 valence electrons. The summed E-state index contributed by atoms with van der Waals surface area (Å²) in [5.74, 6) is 0.226. The molecule has 1 amide bonds. The summed E-state index contributed by atoms with van der Waals surface area (Å²) in [6.07, 6.45) is 3.13. The lowest BCUT2D eigenvalue weighted by atomic mass is 10.1. The monoisotopic (exact) mass is 491 g/mol. The predicted octanol–water partition coefficient (Wildman–Crippen LogP) is 4.68. The maximum Gasteiger partial charge on any atom is 0.228 e. The van der Waals surface area contributed by atoms with Gasteiger partial charge in [0.2, 0.25) is 20.9 Å². The summed E-state index contributed by atoms with van der Waals surface area (Å²) in [6, 6.07) is 22.3. The minimum absolute atomic E-state index is 0.00449. The fourth-order valence-electron chi connectivity index (χ4n) is 3.92. The Labute approximate surface area is 206 Å². The normalized spacial score (nSPS) is 11.6. The van der Waals surface area contributed by atoms with Crippen LogP contribution in [0.2, 0.25) is 0 Å². The van der Waals surface area contributed by atoms with Crippen LogP contribution in [0, 0.1) is 5.92 Å². The van der Waals surface area contributed by atoms with Gasteiger partial charge in [-0.05, 0) is 23.3 Å². The smallest absolute Gasteiger partial charge is 0.228 e. The van der Waals surface area contributed by atoms with Crippen LogP contribution in [0.3, 0.4) is 0 Å². The van der Waals surface area contributed by atoms with Crippen molar-refractivity contribution in [2.75, 3.05) is 0 Å². The van der Waals surface area contributed by atoms with E-state index in [0.29, 0.717) is 23.6 Å². The van der Waals surface area contributed by atoms with Gasteiger partial charge in [0.25, 0.3) is 0 Å². The van der Waals surface area contributed by atoms with Crippen LogP contribution in [0.1, 0.15) is 36.4 Å². The molecule has 0 aliphatic rings. The molecule has 4 rings (SSSR count). The molecule has 0 aliphatic heterocycles. The van der Waals surface area contributed by atoms with E-state index in [-0.39, 0.29) is 35.8 Å². The number of imidazole rings is 1. The van der Waals surface area contributed by atoms with Crippen LogP contribution >= 0.6 is 0 Å². The van der Waals surface area contributed by atoms with Gasteiger partial charge in [-0.2, -0.15) is 0 Å². The maximum atomic E-state index is 13.4. The minimum Gasteiger partial charge on any atom is -0.467 e. The Bertz CT molecular complexity index is 1350. The molecule has 2 aromatic carbocycles. The van der Waals surface area contributed by atoms with Gasteiger partial charge in [-0.1, -0.05) is 74.5 Å². The van der Waals surface area contributed by atoms with E-state index in [2.05, 4.69) is 4.98 Å². The van der Waals surface area contributed by atoms with E-state index in [1.54, 1.807) is 40.1 Å². The number of amides is 1. The van der Waals surface area contributed by atoms with Crippen molar-refractivity contribution in [2.45, 2.75) is 44.4 Å². The third-order valence-electron chi connectivity index (χ3n) is 5.65. The van der Waals surface area contributed by atoms with Crippen molar-refractivity contribution in [3.63, 3.8) is 0 Å². The summed E-state index contributed by atoms with van der Waals surface area (Å²) >= 11 is 0. The molecule has 0 spiro atoms. The summed E-state index contributed by atoms with van der Waals surface area (Å²) in [5.41, 5.74) is 2.27. The number of carbonyl (C=O) groups is 1. The van der Waals surface area contributed by atoms with Crippen molar-refractivity contribution in [3.8, 4) is 0 Å². The van der Waals surface area contributed by atoms with Crippen molar-refractivity contribution < 1.29 is 17.6 Å². The average molecular weight is 492 g/mol. The van der Waals surface area contributed by atoms with Gasteiger partial charge in [0.15, 0.2) is 0 Å². The second-order valence-electron chi connectivity index (χ2n) is 8.78. The quantitative estimate of drug-likeness (QED) is 0.321. The molecule has 0 N–H and O–H groups in total. The van der Waals surface area contributed by atoms with E-state index in [9.17, 15) is 13.2 Å². The largest absolute Gasteiger partial charge is 0.467 e. The molecular formula is C27H29N3O4S. The summed E-state index contributed by atoms with van der Waals surface area (Å²) in [7, 11) is -3.74. The molecule has 0 saturated heterocycles. The molecule has 2 aromatic heterocycles. The Kier molecular flexibility index (Phi) is 7.51. The van der Waals surface area contributed by atoms with Crippen molar-refractivity contribution in [1.29, 1.82) is 0 Å². The molecule has 4 aromatic rings. The number of nitrogens with zero attached hydrogens (tertiary/aromatic N) is 3. The zero-order chi connectivity index (χ0) is 24.8. The fraction of sp³-hybridized carbons (Fsp3) is 0.259. The molecule has 2 heterocycles. The molecule has 7 nitrogen and oxygen atoms in total. The van der Waals surface area contributed by atoms with Crippen LogP contribution in [0.25, 0.3) is 0 Å². The van der Waals surface area contributed by atoms with Crippen LogP contribution in [-0.4, -0.2) is 28.8 Å². The lowest BCUT2D eigenvalue weighted by Gasteiger charge is -2.24. The van der Waals surface area contributed by atoms with E-state index < -0.39 is 9.84 Å². The fourth-order valence-corrected chi connectivity index (χ4v) is 5.41. The second kappa shape index (κ2) is 10.7. The molecule has 0 unspecified atom stereocenters. The number of rotatable bonds is 10. The van der Waals surface area contributed by atoms with Gasteiger partial charge in [0.05, 0.1) is 43.5 Å². The SMILES string of the molecule is CC(C)C(=O)N(Cc1ccco1)Cc1cnc(S(=O)(=O)Cc2ccccc2)n1Cc1ccccc1. The summed E-state index contributed by atoms with van der Waals surface area (Å²) in [4.78, 5) is 19.0. The van der Waals surface area contributed by atoms with Crippen molar-refractivity contribution in [1.82, 2.24) is 14.5 Å². The first kappa shape index (κ1) is 24.5. The van der Waals surface area contributed by atoms with E-state index in [1.807, 2.05) is 68.4 Å². The third kappa shape index (κ3) is 6.08. The van der Waals surface area contributed by atoms with Crippen LogP contribution in [-0.2, 0) is 40.0 Å².